The molecule has 0 spiro atoms. The van der Waals surface area contributed by atoms with E-state index < -0.39 is 0 Å². The highest BCUT2D eigenvalue weighted by Crippen LogP contribution is 2.14. The smallest absolute Gasteiger partial charge is 0.239 e. The fraction of sp³-hybridized carbons (Fsp3) is 0.583. The maximum absolute atomic E-state index is 11.7. The van der Waals surface area contributed by atoms with Crippen molar-refractivity contribution in [1.82, 2.24) is 15.3 Å². The lowest BCUT2D eigenvalue weighted by atomic mass is 10.2. The topological polar surface area (TPSA) is 58.1 Å². The molecular weight excluding hydrogens is 252 g/mol. The second kappa shape index (κ2) is 6.54. The van der Waals surface area contributed by atoms with Gasteiger partial charge in [0.05, 0.1) is 6.54 Å². The van der Waals surface area contributed by atoms with Gasteiger partial charge in [0.1, 0.15) is 16.8 Å². The lowest BCUT2D eigenvalue weighted by molar-refractivity contribution is -0.119. The summed E-state index contributed by atoms with van der Waals surface area (Å²) in [4.78, 5) is 21.6. The summed E-state index contributed by atoms with van der Waals surface area (Å²) in [5.41, 5.74) is 0. The Morgan fingerprint density at radius 2 is 2.17 bits per heavy atom. The van der Waals surface area contributed by atoms with Crippen LogP contribution in [0.25, 0.3) is 0 Å². The van der Waals surface area contributed by atoms with E-state index in [0.717, 1.165) is 0 Å². The molecule has 0 aliphatic rings. The van der Waals surface area contributed by atoms with E-state index in [1.807, 2.05) is 0 Å². The number of likely N-dealkylation sites (N-methyl/N-ethyl adjacent to an activating group) is 1. The van der Waals surface area contributed by atoms with Crippen LogP contribution < -0.4 is 10.2 Å². The molecule has 0 unspecified atom stereocenters. The number of aryl methyl sites for hydroxylation is 1. The Balaban J connectivity index is 2.59. The molecule has 0 aliphatic carbocycles. The number of amides is 1. The number of nitrogens with one attached hydrogen (secondary N) is 1. The maximum atomic E-state index is 11.7. The normalized spacial score (nSPS) is 10.6. The molecule has 5 nitrogen and oxygen atoms in total. The standard InChI is InChI=1S/C12H19ClN4O/c1-8(2)6-14-12(18)7-17(4)11-5-10(13)15-9(3)16-11/h5,8H,6-7H2,1-4H3,(H,14,18). The van der Waals surface area contributed by atoms with Crippen LogP contribution >= 0.6 is 11.6 Å². The number of carbonyl (C=O) groups is 1. The van der Waals surface area contributed by atoms with Crippen LogP contribution in [0.4, 0.5) is 5.82 Å². The minimum Gasteiger partial charge on any atom is -0.354 e. The minimum atomic E-state index is -0.0291. The molecular formula is C12H19ClN4O. The van der Waals surface area contributed by atoms with Crippen molar-refractivity contribution < 1.29 is 4.79 Å². The average Bonchev–Trinajstić information content (AvgIpc) is 2.25. The van der Waals surface area contributed by atoms with E-state index in [1.54, 1.807) is 24.9 Å². The van der Waals surface area contributed by atoms with Crippen molar-refractivity contribution in [2.75, 3.05) is 25.0 Å². The summed E-state index contributed by atoms with van der Waals surface area (Å²) in [6.07, 6.45) is 0. The summed E-state index contributed by atoms with van der Waals surface area (Å²) in [6, 6.07) is 1.64. The summed E-state index contributed by atoms with van der Waals surface area (Å²) in [5, 5.41) is 3.24. The molecule has 18 heavy (non-hydrogen) atoms. The Kier molecular flexibility index (Phi) is 5.34. The molecule has 0 aliphatic heterocycles. The van der Waals surface area contributed by atoms with Gasteiger partial charge in [-0.1, -0.05) is 25.4 Å². The third-order valence-corrected chi connectivity index (χ3v) is 2.47. The molecule has 6 heteroatoms. The first-order valence-corrected chi connectivity index (χ1v) is 6.25. The van der Waals surface area contributed by atoms with E-state index in [1.165, 1.54) is 0 Å². The second-order valence-corrected chi connectivity index (χ2v) is 5.04. The molecule has 0 bridgehead atoms. The quantitative estimate of drug-likeness (QED) is 0.827. The lowest BCUT2D eigenvalue weighted by Crippen LogP contribution is -2.37. The average molecular weight is 271 g/mol. The SMILES string of the molecule is Cc1nc(Cl)cc(N(C)CC(=O)NCC(C)C)n1. The van der Waals surface area contributed by atoms with E-state index >= 15 is 0 Å². The highest BCUT2D eigenvalue weighted by Gasteiger charge is 2.10. The van der Waals surface area contributed by atoms with Crippen LogP contribution in [0.5, 0.6) is 0 Å². The van der Waals surface area contributed by atoms with Gasteiger partial charge in [-0.25, -0.2) is 9.97 Å². The van der Waals surface area contributed by atoms with Crippen LogP contribution in [0.2, 0.25) is 5.15 Å². The van der Waals surface area contributed by atoms with Crippen molar-refractivity contribution in [3.8, 4) is 0 Å². The van der Waals surface area contributed by atoms with E-state index in [4.69, 9.17) is 11.6 Å². The number of hydrogen-bond donors (Lipinski definition) is 1. The zero-order valence-electron chi connectivity index (χ0n) is 11.2. The van der Waals surface area contributed by atoms with Crippen LogP contribution in [0.1, 0.15) is 19.7 Å². The number of halogens is 1. The van der Waals surface area contributed by atoms with Gasteiger partial charge in [-0.05, 0) is 12.8 Å². The predicted molar refractivity (Wildman–Crippen MR) is 72.9 cm³/mol. The largest absolute Gasteiger partial charge is 0.354 e. The summed E-state index contributed by atoms with van der Waals surface area (Å²) in [6.45, 7) is 6.80. The highest BCUT2D eigenvalue weighted by molar-refractivity contribution is 6.29. The monoisotopic (exact) mass is 270 g/mol. The molecule has 0 saturated carbocycles. The van der Waals surface area contributed by atoms with Crippen molar-refractivity contribution >= 4 is 23.3 Å². The van der Waals surface area contributed by atoms with Gasteiger partial charge in [-0.3, -0.25) is 4.79 Å². The summed E-state index contributed by atoms with van der Waals surface area (Å²) >= 11 is 5.86. The minimum absolute atomic E-state index is 0.0291. The first kappa shape index (κ1) is 14.7. The summed E-state index contributed by atoms with van der Waals surface area (Å²) in [7, 11) is 1.80. The molecule has 1 rings (SSSR count). The van der Waals surface area contributed by atoms with Crippen molar-refractivity contribution in [2.24, 2.45) is 5.92 Å². The lowest BCUT2D eigenvalue weighted by Gasteiger charge is -2.18. The van der Waals surface area contributed by atoms with Crippen molar-refractivity contribution in [2.45, 2.75) is 20.8 Å². The van der Waals surface area contributed by atoms with E-state index in [2.05, 4.69) is 29.1 Å². The van der Waals surface area contributed by atoms with Gasteiger partial charge in [0.25, 0.3) is 0 Å². The molecule has 0 saturated heterocycles. The Morgan fingerprint density at radius 1 is 1.50 bits per heavy atom. The highest BCUT2D eigenvalue weighted by atomic mass is 35.5. The third-order valence-electron chi connectivity index (χ3n) is 2.27. The molecule has 0 atom stereocenters. The van der Waals surface area contributed by atoms with Gasteiger partial charge in [-0.2, -0.15) is 0 Å². The molecule has 0 aromatic carbocycles. The molecule has 1 aromatic heterocycles. The molecule has 0 fully saturated rings. The van der Waals surface area contributed by atoms with E-state index in [0.29, 0.717) is 29.3 Å². The predicted octanol–water partition coefficient (Wildman–Crippen LogP) is 1.65. The molecule has 1 amide bonds. The Bertz CT molecular complexity index is 402. The zero-order valence-corrected chi connectivity index (χ0v) is 12.0. The fourth-order valence-corrected chi connectivity index (χ4v) is 1.60. The molecule has 1 aromatic rings. The van der Waals surface area contributed by atoms with Gasteiger partial charge in [0.2, 0.25) is 5.91 Å². The summed E-state index contributed by atoms with van der Waals surface area (Å²) < 4.78 is 0. The maximum Gasteiger partial charge on any atom is 0.239 e. The molecule has 1 N–H and O–H groups in total. The molecule has 100 valence electrons. The zero-order chi connectivity index (χ0) is 13.7. The summed E-state index contributed by atoms with van der Waals surface area (Å²) in [5.74, 6) is 1.65. The van der Waals surface area contributed by atoms with Crippen LogP contribution in [-0.2, 0) is 4.79 Å². The number of anilines is 1. The number of rotatable bonds is 5. The Hall–Kier alpha value is -1.36. The van der Waals surface area contributed by atoms with Crippen molar-refractivity contribution in [3.63, 3.8) is 0 Å². The van der Waals surface area contributed by atoms with Crippen molar-refractivity contribution in [1.29, 1.82) is 0 Å². The van der Waals surface area contributed by atoms with Crippen LogP contribution in [-0.4, -0.2) is 36.0 Å². The van der Waals surface area contributed by atoms with Gasteiger partial charge in [0.15, 0.2) is 0 Å². The van der Waals surface area contributed by atoms with Gasteiger partial charge in [-0.15, -0.1) is 0 Å². The molecule has 1 heterocycles. The number of nitrogens with zero attached hydrogens (tertiary/aromatic N) is 3. The number of aromatic nitrogens is 2. The first-order chi connectivity index (χ1) is 8.38. The van der Waals surface area contributed by atoms with E-state index in [-0.39, 0.29) is 12.5 Å². The van der Waals surface area contributed by atoms with Gasteiger partial charge < -0.3 is 10.2 Å². The first-order valence-electron chi connectivity index (χ1n) is 5.87. The van der Waals surface area contributed by atoms with Crippen molar-refractivity contribution in [3.05, 3.63) is 17.0 Å². The third kappa shape index (κ3) is 4.87. The fourth-order valence-electron chi connectivity index (χ4n) is 1.38. The Labute approximate surface area is 113 Å². The van der Waals surface area contributed by atoms with E-state index in [9.17, 15) is 4.79 Å². The Morgan fingerprint density at radius 3 is 2.72 bits per heavy atom. The second-order valence-electron chi connectivity index (χ2n) is 4.65. The molecule has 0 radical (unpaired) electrons. The van der Waals surface area contributed by atoms with Gasteiger partial charge in [0, 0.05) is 19.7 Å². The van der Waals surface area contributed by atoms with Crippen LogP contribution in [0.3, 0.4) is 0 Å². The van der Waals surface area contributed by atoms with Crippen LogP contribution in [0.15, 0.2) is 6.07 Å². The number of carbonyl (C=O) groups excluding carboxylic acids is 1. The van der Waals surface area contributed by atoms with Crippen LogP contribution in [0, 0.1) is 12.8 Å². The number of hydrogen-bond acceptors (Lipinski definition) is 4. The van der Waals surface area contributed by atoms with Gasteiger partial charge >= 0.3 is 0 Å².